The Morgan fingerprint density at radius 3 is 2.92 bits per heavy atom. The predicted molar refractivity (Wildman–Crippen MR) is 54.2 cm³/mol. The van der Waals surface area contributed by atoms with Gasteiger partial charge in [-0.25, -0.2) is 4.98 Å². The van der Waals surface area contributed by atoms with E-state index in [1.54, 1.807) is 24.0 Å². The highest BCUT2D eigenvalue weighted by molar-refractivity contribution is 8.00. The smallest absolute Gasteiger partial charge is 0.123 e. The van der Waals surface area contributed by atoms with Crippen molar-refractivity contribution in [3.63, 3.8) is 0 Å². The Kier molecular flexibility index (Phi) is 3.17. The molecule has 3 heteroatoms. The molecule has 0 spiro atoms. The third-order valence-electron chi connectivity index (χ3n) is 1.41. The van der Waals surface area contributed by atoms with Gasteiger partial charge in [-0.15, -0.1) is 18.3 Å². The van der Waals surface area contributed by atoms with E-state index < -0.39 is 0 Å². The first-order valence-electron chi connectivity index (χ1n) is 3.73. The fourth-order valence-electron chi connectivity index (χ4n) is 0.724. The average molecular weight is 180 g/mol. The van der Waals surface area contributed by atoms with Crippen molar-refractivity contribution in [3.05, 3.63) is 31.0 Å². The Hall–Kier alpha value is -0.960. The molecular formula is C9H12N2S. The first-order chi connectivity index (χ1) is 5.72. The summed E-state index contributed by atoms with van der Waals surface area (Å²) in [6.45, 7) is 5.80. The largest absolute Gasteiger partial charge is 0.384 e. The van der Waals surface area contributed by atoms with Gasteiger partial charge in [-0.2, -0.15) is 0 Å². The van der Waals surface area contributed by atoms with Crippen LogP contribution in [0.1, 0.15) is 6.92 Å². The van der Waals surface area contributed by atoms with Crippen LogP contribution in [-0.4, -0.2) is 10.2 Å². The van der Waals surface area contributed by atoms with E-state index in [2.05, 4.69) is 18.5 Å². The molecule has 0 saturated carbocycles. The molecular weight excluding hydrogens is 168 g/mol. The van der Waals surface area contributed by atoms with Gasteiger partial charge in [0.2, 0.25) is 0 Å². The first kappa shape index (κ1) is 9.13. The third kappa shape index (κ3) is 2.58. The second-order valence-electron chi connectivity index (χ2n) is 2.48. The number of rotatable bonds is 3. The maximum atomic E-state index is 5.45. The molecule has 2 N–H and O–H groups in total. The van der Waals surface area contributed by atoms with Crippen molar-refractivity contribution < 1.29 is 0 Å². The van der Waals surface area contributed by atoms with E-state index in [4.69, 9.17) is 5.73 Å². The topological polar surface area (TPSA) is 38.9 Å². The molecule has 1 aromatic heterocycles. The van der Waals surface area contributed by atoms with E-state index in [-0.39, 0.29) is 0 Å². The summed E-state index contributed by atoms with van der Waals surface area (Å²) in [5.74, 6) is 0.561. The van der Waals surface area contributed by atoms with Crippen molar-refractivity contribution in [1.29, 1.82) is 0 Å². The summed E-state index contributed by atoms with van der Waals surface area (Å²) in [4.78, 5) is 5.11. The normalized spacial score (nSPS) is 12.4. The zero-order valence-corrected chi connectivity index (χ0v) is 7.84. The van der Waals surface area contributed by atoms with Crippen LogP contribution in [0.15, 0.2) is 35.9 Å². The molecule has 0 bridgehead atoms. The number of anilines is 1. The predicted octanol–water partition coefficient (Wildman–Crippen LogP) is 2.33. The van der Waals surface area contributed by atoms with E-state index in [9.17, 15) is 0 Å². The van der Waals surface area contributed by atoms with Gasteiger partial charge >= 0.3 is 0 Å². The highest BCUT2D eigenvalue weighted by atomic mass is 32.2. The SMILES string of the molecule is C=CC(C)Sc1ccc(N)nc1. The summed E-state index contributed by atoms with van der Waals surface area (Å²) in [6, 6.07) is 3.77. The van der Waals surface area contributed by atoms with Crippen LogP contribution in [0, 0.1) is 0 Å². The Morgan fingerprint density at radius 1 is 1.67 bits per heavy atom. The van der Waals surface area contributed by atoms with Crippen LogP contribution in [0.2, 0.25) is 0 Å². The molecule has 12 heavy (non-hydrogen) atoms. The van der Waals surface area contributed by atoms with Crippen molar-refractivity contribution >= 4 is 17.6 Å². The summed E-state index contributed by atoms with van der Waals surface area (Å²) in [7, 11) is 0. The Morgan fingerprint density at radius 2 is 2.42 bits per heavy atom. The van der Waals surface area contributed by atoms with Crippen molar-refractivity contribution in [2.24, 2.45) is 0 Å². The lowest BCUT2D eigenvalue weighted by molar-refractivity contribution is 1.21. The maximum Gasteiger partial charge on any atom is 0.123 e. The van der Waals surface area contributed by atoms with Gasteiger partial charge in [0.05, 0.1) is 0 Å². The van der Waals surface area contributed by atoms with Gasteiger partial charge in [0, 0.05) is 16.3 Å². The number of hydrogen-bond acceptors (Lipinski definition) is 3. The van der Waals surface area contributed by atoms with Gasteiger partial charge < -0.3 is 5.73 Å². The number of nitrogen functional groups attached to an aromatic ring is 1. The van der Waals surface area contributed by atoms with Gasteiger partial charge in [-0.3, -0.25) is 0 Å². The molecule has 0 aromatic carbocycles. The molecule has 1 heterocycles. The minimum atomic E-state index is 0.412. The fourth-order valence-corrected chi connectivity index (χ4v) is 1.51. The standard InChI is InChI=1S/C9H12N2S/c1-3-7(2)12-8-4-5-9(10)11-6-8/h3-7H,1H2,2H3,(H2,10,11). The zero-order valence-electron chi connectivity index (χ0n) is 7.03. The molecule has 1 aromatic rings. The third-order valence-corrected chi connectivity index (χ3v) is 2.49. The molecule has 1 rings (SSSR count). The van der Waals surface area contributed by atoms with E-state index in [1.165, 1.54) is 0 Å². The Balaban J connectivity index is 2.64. The molecule has 64 valence electrons. The highest BCUT2D eigenvalue weighted by Crippen LogP contribution is 2.22. The zero-order chi connectivity index (χ0) is 8.97. The molecule has 0 aliphatic carbocycles. The lowest BCUT2D eigenvalue weighted by Gasteiger charge is -2.04. The van der Waals surface area contributed by atoms with Gasteiger partial charge in [0.15, 0.2) is 0 Å². The van der Waals surface area contributed by atoms with Crippen molar-refractivity contribution in [3.8, 4) is 0 Å². The second-order valence-corrected chi connectivity index (χ2v) is 3.93. The van der Waals surface area contributed by atoms with Crippen molar-refractivity contribution in [2.45, 2.75) is 17.1 Å². The molecule has 0 aliphatic rings. The van der Waals surface area contributed by atoms with Gasteiger partial charge in [-0.05, 0) is 19.1 Å². The Bertz CT molecular complexity index is 256. The van der Waals surface area contributed by atoms with E-state index in [1.807, 2.05) is 12.1 Å². The molecule has 1 unspecified atom stereocenters. The minimum absolute atomic E-state index is 0.412. The van der Waals surface area contributed by atoms with Gasteiger partial charge in [0.25, 0.3) is 0 Å². The summed E-state index contributed by atoms with van der Waals surface area (Å²) >= 11 is 1.72. The van der Waals surface area contributed by atoms with Crippen LogP contribution in [0.5, 0.6) is 0 Å². The summed E-state index contributed by atoms with van der Waals surface area (Å²) in [5.41, 5.74) is 5.45. The number of hydrogen-bond donors (Lipinski definition) is 1. The van der Waals surface area contributed by atoms with Crippen LogP contribution in [0.3, 0.4) is 0 Å². The monoisotopic (exact) mass is 180 g/mol. The van der Waals surface area contributed by atoms with Crippen LogP contribution >= 0.6 is 11.8 Å². The van der Waals surface area contributed by atoms with Crippen LogP contribution in [0.25, 0.3) is 0 Å². The minimum Gasteiger partial charge on any atom is -0.384 e. The van der Waals surface area contributed by atoms with Crippen LogP contribution in [-0.2, 0) is 0 Å². The highest BCUT2D eigenvalue weighted by Gasteiger charge is 1.98. The fraction of sp³-hybridized carbons (Fsp3) is 0.222. The number of nitrogens with zero attached hydrogens (tertiary/aromatic N) is 1. The Labute approximate surface area is 76.9 Å². The lowest BCUT2D eigenvalue weighted by Crippen LogP contribution is -1.91. The summed E-state index contributed by atoms with van der Waals surface area (Å²) in [6.07, 6.45) is 3.68. The molecule has 2 nitrogen and oxygen atoms in total. The molecule has 1 atom stereocenters. The van der Waals surface area contributed by atoms with Gasteiger partial charge in [-0.1, -0.05) is 6.08 Å². The summed E-state index contributed by atoms with van der Waals surface area (Å²) < 4.78 is 0. The lowest BCUT2D eigenvalue weighted by atomic mass is 10.5. The molecule has 0 fully saturated rings. The van der Waals surface area contributed by atoms with E-state index >= 15 is 0 Å². The van der Waals surface area contributed by atoms with Crippen LogP contribution in [0.4, 0.5) is 5.82 Å². The van der Waals surface area contributed by atoms with E-state index in [0.717, 1.165) is 4.90 Å². The van der Waals surface area contributed by atoms with E-state index in [0.29, 0.717) is 11.1 Å². The van der Waals surface area contributed by atoms with Crippen LogP contribution < -0.4 is 5.73 Å². The maximum absolute atomic E-state index is 5.45. The number of aromatic nitrogens is 1. The molecule has 0 saturated heterocycles. The second kappa shape index (κ2) is 4.16. The molecule has 0 amide bonds. The first-order valence-corrected chi connectivity index (χ1v) is 4.61. The average Bonchev–Trinajstić information content (AvgIpc) is 2.09. The number of nitrogens with two attached hydrogens (primary N) is 1. The van der Waals surface area contributed by atoms with Crippen molar-refractivity contribution in [1.82, 2.24) is 4.98 Å². The van der Waals surface area contributed by atoms with Gasteiger partial charge in [0.1, 0.15) is 5.82 Å². The quantitative estimate of drug-likeness (QED) is 0.573. The molecule has 0 aliphatic heterocycles. The number of thioether (sulfide) groups is 1. The number of pyridine rings is 1. The van der Waals surface area contributed by atoms with Crippen molar-refractivity contribution in [2.75, 3.05) is 5.73 Å². The summed E-state index contributed by atoms with van der Waals surface area (Å²) in [5, 5.41) is 0.412. The molecule has 0 radical (unpaired) electrons.